The first-order valence-electron chi connectivity index (χ1n) is 8.83. The molecule has 0 saturated carbocycles. The van der Waals surface area contributed by atoms with Gasteiger partial charge < -0.3 is 10.5 Å². The number of methoxy groups -OCH3 is 1. The fraction of sp³-hybridized carbons (Fsp3) is 0.200. The van der Waals surface area contributed by atoms with Crippen LogP contribution in [0.3, 0.4) is 0 Å². The van der Waals surface area contributed by atoms with Gasteiger partial charge in [-0.25, -0.2) is 13.8 Å². The molecule has 0 aliphatic carbocycles. The zero-order valence-corrected chi connectivity index (χ0v) is 16.9. The topological polar surface area (TPSA) is 93.7 Å². The van der Waals surface area contributed by atoms with Crippen LogP contribution >= 0.6 is 11.3 Å². The Morgan fingerprint density at radius 3 is 2.63 bits per heavy atom. The van der Waals surface area contributed by atoms with E-state index in [9.17, 15) is 13.6 Å². The molecule has 1 unspecified atom stereocenters. The summed E-state index contributed by atoms with van der Waals surface area (Å²) in [5, 5.41) is 0. The maximum atomic E-state index is 13.4. The Hall–Kier alpha value is -3.40. The maximum absolute atomic E-state index is 13.4. The molecule has 0 bridgehead atoms. The van der Waals surface area contributed by atoms with E-state index in [0.29, 0.717) is 11.3 Å². The van der Waals surface area contributed by atoms with E-state index in [1.54, 1.807) is 29.9 Å². The molecule has 4 rings (SSSR count). The summed E-state index contributed by atoms with van der Waals surface area (Å²) >= 11 is 1.42. The molecular formula is C20H17F2N5O2S. The predicted octanol–water partition coefficient (Wildman–Crippen LogP) is 3.18. The van der Waals surface area contributed by atoms with Gasteiger partial charge in [-0.05, 0) is 47.0 Å². The van der Waals surface area contributed by atoms with Crippen molar-refractivity contribution in [2.24, 2.45) is 10.7 Å². The van der Waals surface area contributed by atoms with Crippen molar-refractivity contribution < 1.29 is 18.3 Å². The number of ether oxygens (including phenoxy) is 1. The van der Waals surface area contributed by atoms with Crippen molar-refractivity contribution in [2.75, 3.05) is 14.2 Å². The minimum atomic E-state index is -2.80. The third-order valence-electron chi connectivity index (χ3n) is 4.94. The van der Waals surface area contributed by atoms with Crippen molar-refractivity contribution in [2.45, 2.75) is 12.0 Å². The third-order valence-corrected chi connectivity index (χ3v) is 5.76. The number of alkyl halides is 2. The molecule has 3 aromatic rings. The van der Waals surface area contributed by atoms with E-state index in [4.69, 9.17) is 10.5 Å². The quantitative estimate of drug-likeness (QED) is 0.672. The van der Waals surface area contributed by atoms with Crippen molar-refractivity contribution >= 4 is 23.2 Å². The van der Waals surface area contributed by atoms with Crippen molar-refractivity contribution in [3.05, 3.63) is 65.1 Å². The number of thiazole rings is 1. The summed E-state index contributed by atoms with van der Waals surface area (Å²) in [6, 6.07) is 7.90. The van der Waals surface area contributed by atoms with Crippen molar-refractivity contribution in [3.8, 4) is 16.2 Å². The molecular weight excluding hydrogens is 412 g/mol. The first kappa shape index (κ1) is 19.9. The lowest BCUT2D eigenvalue weighted by molar-refractivity contribution is -0.129. The molecule has 1 aliphatic heterocycles. The molecule has 2 aromatic heterocycles. The molecule has 1 amide bonds. The number of aromatic nitrogens is 2. The minimum Gasteiger partial charge on any atom is -0.497 e. The Balaban J connectivity index is 2.01. The zero-order chi connectivity index (χ0) is 21.5. The van der Waals surface area contributed by atoms with Crippen molar-refractivity contribution in [1.82, 2.24) is 14.9 Å². The SMILES string of the molecule is COc1cc(-c2cncs2)cc(C2(c3ccnc(C(F)F)c3)N=C(N)N(C)C2=O)c1. The molecule has 7 nitrogen and oxygen atoms in total. The van der Waals surface area contributed by atoms with Gasteiger partial charge in [0.2, 0.25) is 0 Å². The highest BCUT2D eigenvalue weighted by Crippen LogP contribution is 2.43. The second kappa shape index (κ2) is 7.45. The molecule has 1 atom stereocenters. The summed E-state index contributed by atoms with van der Waals surface area (Å²) in [7, 11) is 2.99. The maximum Gasteiger partial charge on any atom is 0.280 e. The average Bonchev–Trinajstić information content (AvgIpc) is 3.37. The van der Waals surface area contributed by atoms with Crippen LogP contribution in [0.1, 0.15) is 23.2 Å². The Labute approximate surface area is 174 Å². The monoisotopic (exact) mass is 429 g/mol. The van der Waals surface area contributed by atoms with Crippen LogP contribution in [0.4, 0.5) is 8.78 Å². The van der Waals surface area contributed by atoms with E-state index in [1.165, 1.54) is 48.7 Å². The van der Waals surface area contributed by atoms with E-state index in [0.717, 1.165) is 10.4 Å². The van der Waals surface area contributed by atoms with Crippen LogP contribution in [0.15, 0.2) is 53.2 Å². The number of guanidine groups is 1. The van der Waals surface area contributed by atoms with Crippen LogP contribution in [0, 0.1) is 0 Å². The number of halogens is 2. The van der Waals surface area contributed by atoms with E-state index < -0.39 is 23.6 Å². The van der Waals surface area contributed by atoms with Gasteiger partial charge in [0.15, 0.2) is 11.5 Å². The van der Waals surface area contributed by atoms with E-state index in [1.807, 2.05) is 0 Å². The number of aliphatic imine (C=N–C) groups is 1. The summed E-state index contributed by atoms with van der Waals surface area (Å²) in [4.78, 5) is 27.7. The normalized spacial score (nSPS) is 18.8. The van der Waals surface area contributed by atoms with Gasteiger partial charge in [-0.15, -0.1) is 11.3 Å². The number of benzene rings is 1. The smallest absolute Gasteiger partial charge is 0.280 e. The molecule has 10 heteroatoms. The average molecular weight is 429 g/mol. The lowest BCUT2D eigenvalue weighted by atomic mass is 9.82. The van der Waals surface area contributed by atoms with Gasteiger partial charge in [0.25, 0.3) is 12.3 Å². The molecule has 154 valence electrons. The van der Waals surface area contributed by atoms with Crippen LogP contribution < -0.4 is 10.5 Å². The predicted molar refractivity (Wildman–Crippen MR) is 108 cm³/mol. The Bertz CT molecular complexity index is 1140. The molecule has 30 heavy (non-hydrogen) atoms. The number of likely N-dealkylation sites (N-methyl/N-ethyl adjacent to an activating group) is 1. The largest absolute Gasteiger partial charge is 0.497 e. The summed E-state index contributed by atoms with van der Waals surface area (Å²) < 4.78 is 32.1. The number of nitrogens with zero attached hydrogens (tertiary/aromatic N) is 4. The van der Waals surface area contributed by atoms with Gasteiger partial charge in [-0.3, -0.25) is 19.7 Å². The van der Waals surface area contributed by atoms with Gasteiger partial charge in [-0.1, -0.05) is 0 Å². The second-order valence-corrected chi connectivity index (χ2v) is 7.52. The van der Waals surface area contributed by atoms with Gasteiger partial charge in [-0.2, -0.15) is 0 Å². The molecule has 1 aliphatic rings. The summed E-state index contributed by atoms with van der Waals surface area (Å²) in [6.45, 7) is 0. The first-order valence-corrected chi connectivity index (χ1v) is 9.71. The van der Waals surface area contributed by atoms with Gasteiger partial charge in [0.1, 0.15) is 11.4 Å². The molecule has 0 radical (unpaired) electrons. The zero-order valence-electron chi connectivity index (χ0n) is 16.0. The lowest BCUT2D eigenvalue weighted by Gasteiger charge is -2.27. The first-order chi connectivity index (χ1) is 14.4. The third kappa shape index (κ3) is 3.09. The summed E-state index contributed by atoms with van der Waals surface area (Å²) in [5.74, 6) is 0.00188. The van der Waals surface area contributed by atoms with Crippen LogP contribution in [-0.2, 0) is 10.3 Å². The van der Waals surface area contributed by atoms with E-state index in [-0.39, 0.29) is 11.5 Å². The highest BCUT2D eigenvalue weighted by Gasteiger charge is 2.50. The van der Waals surface area contributed by atoms with Gasteiger partial charge in [0, 0.05) is 19.4 Å². The summed E-state index contributed by atoms with van der Waals surface area (Å²) in [6.07, 6.45) is 0.132. The van der Waals surface area contributed by atoms with Gasteiger partial charge >= 0.3 is 0 Å². The number of nitrogens with two attached hydrogens (primary N) is 1. The number of rotatable bonds is 5. The highest BCUT2D eigenvalue weighted by atomic mass is 32.1. The number of amides is 1. The Morgan fingerprint density at radius 1 is 1.23 bits per heavy atom. The van der Waals surface area contributed by atoms with Crippen LogP contribution in [-0.4, -0.2) is 40.9 Å². The Morgan fingerprint density at radius 2 is 2.03 bits per heavy atom. The highest BCUT2D eigenvalue weighted by molar-refractivity contribution is 7.13. The second-order valence-electron chi connectivity index (χ2n) is 6.63. The summed E-state index contributed by atoms with van der Waals surface area (Å²) in [5.41, 5.74) is 7.01. The number of hydrogen-bond acceptors (Lipinski definition) is 7. The van der Waals surface area contributed by atoms with Crippen LogP contribution in [0.25, 0.3) is 10.4 Å². The molecule has 0 fully saturated rings. The molecule has 2 N–H and O–H groups in total. The molecule has 1 aromatic carbocycles. The fourth-order valence-electron chi connectivity index (χ4n) is 3.40. The minimum absolute atomic E-state index is 0.0161. The van der Waals surface area contributed by atoms with Crippen LogP contribution in [0.5, 0.6) is 5.75 Å². The Kier molecular flexibility index (Phi) is 4.94. The molecule has 0 saturated heterocycles. The van der Waals surface area contributed by atoms with E-state index >= 15 is 0 Å². The van der Waals surface area contributed by atoms with Crippen molar-refractivity contribution in [3.63, 3.8) is 0 Å². The number of hydrogen-bond donors (Lipinski definition) is 1. The fourth-order valence-corrected chi connectivity index (χ4v) is 4.01. The molecule has 0 spiro atoms. The van der Waals surface area contributed by atoms with Crippen LogP contribution in [0.2, 0.25) is 0 Å². The van der Waals surface area contributed by atoms with E-state index in [2.05, 4.69) is 15.0 Å². The molecule has 3 heterocycles. The number of carbonyl (C=O) groups is 1. The van der Waals surface area contributed by atoms with Gasteiger partial charge in [0.05, 0.1) is 17.5 Å². The lowest BCUT2D eigenvalue weighted by Crippen LogP contribution is -2.41. The number of carbonyl (C=O) groups excluding carboxylic acids is 1. The van der Waals surface area contributed by atoms with Crippen molar-refractivity contribution in [1.29, 1.82) is 0 Å². The number of pyridine rings is 1. The standard InChI is InChI=1S/C20H17F2N5O2S/c1-27-18(28)20(26-19(27)23,12-3-4-25-15(8-12)17(21)22)13-5-11(6-14(7-13)29-2)16-9-24-10-30-16/h3-10,17H,1-2H3,(H2,23,26).